The first-order chi connectivity index (χ1) is 14.6. The average molecular weight is 429 g/mol. The van der Waals surface area contributed by atoms with E-state index in [4.69, 9.17) is 9.47 Å². The lowest BCUT2D eigenvalue weighted by molar-refractivity contribution is -0.118. The molecule has 1 atom stereocenters. The van der Waals surface area contributed by atoms with Crippen molar-refractivity contribution in [3.8, 4) is 5.75 Å². The zero-order chi connectivity index (χ0) is 20.9. The number of thiophene rings is 1. The zero-order valence-electron chi connectivity index (χ0n) is 17.3. The van der Waals surface area contributed by atoms with Crippen molar-refractivity contribution in [1.29, 1.82) is 0 Å². The topological polar surface area (TPSA) is 76.7 Å². The second-order valence-corrected chi connectivity index (χ2v) is 9.02. The van der Waals surface area contributed by atoms with Crippen LogP contribution in [0.1, 0.15) is 52.0 Å². The molecule has 2 aromatic rings. The van der Waals surface area contributed by atoms with Gasteiger partial charge in [0, 0.05) is 18.0 Å². The molecule has 1 aliphatic heterocycles. The molecule has 1 saturated heterocycles. The molecule has 2 amide bonds. The number of fused-ring (bicyclic) bond motifs is 1. The SMILES string of the molecule is Cc1ccc(OCC(=O)Nc2sc3c(c2C(=O)NC[C@@H]2CCCO2)CCCC3)cc1. The molecule has 0 unspecified atom stereocenters. The highest BCUT2D eigenvalue weighted by Gasteiger charge is 2.27. The van der Waals surface area contributed by atoms with Gasteiger partial charge in [0.05, 0.1) is 11.7 Å². The molecule has 160 valence electrons. The first kappa shape index (κ1) is 20.9. The van der Waals surface area contributed by atoms with Gasteiger partial charge in [0.1, 0.15) is 10.8 Å². The first-order valence-electron chi connectivity index (χ1n) is 10.6. The summed E-state index contributed by atoms with van der Waals surface area (Å²) >= 11 is 1.52. The fraction of sp³-hybridized carbons (Fsp3) is 0.478. The number of amides is 2. The quantitative estimate of drug-likeness (QED) is 0.702. The third-order valence-corrected chi connectivity index (χ3v) is 6.76. The summed E-state index contributed by atoms with van der Waals surface area (Å²) in [6.45, 7) is 3.17. The Balaban J connectivity index is 1.43. The molecule has 1 aromatic heterocycles. The maximum atomic E-state index is 13.0. The summed E-state index contributed by atoms with van der Waals surface area (Å²) < 4.78 is 11.2. The molecule has 0 bridgehead atoms. The number of carbonyl (C=O) groups is 2. The second-order valence-electron chi connectivity index (χ2n) is 7.91. The Morgan fingerprint density at radius 2 is 1.97 bits per heavy atom. The van der Waals surface area contributed by atoms with Gasteiger partial charge in [0.15, 0.2) is 6.61 Å². The highest BCUT2D eigenvalue weighted by Crippen LogP contribution is 2.38. The fourth-order valence-corrected chi connectivity index (χ4v) is 5.24. The molecule has 2 N–H and O–H groups in total. The number of benzene rings is 1. The standard InChI is InChI=1S/C23H28N2O4S/c1-15-8-10-16(11-9-15)29-14-20(26)25-23-21(18-6-2-3-7-19(18)30-23)22(27)24-13-17-5-4-12-28-17/h8-11,17H,2-7,12-14H2,1H3,(H,24,27)(H,25,26)/t17-/m0/s1. The van der Waals surface area contributed by atoms with Crippen LogP contribution in [0.2, 0.25) is 0 Å². The Labute approximate surface area is 181 Å². The molecular weight excluding hydrogens is 400 g/mol. The molecule has 1 aliphatic carbocycles. The number of anilines is 1. The Kier molecular flexibility index (Phi) is 6.69. The Hall–Kier alpha value is -2.38. The molecule has 0 saturated carbocycles. The van der Waals surface area contributed by atoms with Crippen LogP contribution >= 0.6 is 11.3 Å². The van der Waals surface area contributed by atoms with Crippen LogP contribution in [0.25, 0.3) is 0 Å². The molecule has 1 fully saturated rings. The number of hydrogen-bond acceptors (Lipinski definition) is 5. The number of rotatable bonds is 7. The van der Waals surface area contributed by atoms with Gasteiger partial charge in [0.2, 0.25) is 0 Å². The lowest BCUT2D eigenvalue weighted by Crippen LogP contribution is -2.33. The van der Waals surface area contributed by atoms with Crippen LogP contribution in [0, 0.1) is 6.92 Å². The van der Waals surface area contributed by atoms with Crippen LogP contribution in [0.15, 0.2) is 24.3 Å². The molecular formula is C23H28N2O4S. The summed E-state index contributed by atoms with van der Waals surface area (Å²) in [7, 11) is 0. The summed E-state index contributed by atoms with van der Waals surface area (Å²) in [6.07, 6.45) is 6.13. The largest absolute Gasteiger partial charge is 0.484 e. The molecule has 0 radical (unpaired) electrons. The van der Waals surface area contributed by atoms with E-state index in [-0.39, 0.29) is 24.5 Å². The molecule has 1 aromatic carbocycles. The second kappa shape index (κ2) is 9.62. The smallest absolute Gasteiger partial charge is 0.262 e. The van der Waals surface area contributed by atoms with Crippen LogP contribution in [-0.2, 0) is 22.4 Å². The summed E-state index contributed by atoms with van der Waals surface area (Å²) in [5.74, 6) is 0.262. The molecule has 2 aliphatic rings. The number of ether oxygens (including phenoxy) is 2. The summed E-state index contributed by atoms with van der Waals surface area (Å²) in [6, 6.07) is 7.57. The van der Waals surface area contributed by atoms with Crippen molar-refractivity contribution in [1.82, 2.24) is 5.32 Å². The van der Waals surface area contributed by atoms with Gasteiger partial charge in [-0.15, -0.1) is 11.3 Å². The van der Waals surface area contributed by atoms with E-state index in [0.717, 1.165) is 56.3 Å². The minimum Gasteiger partial charge on any atom is -0.484 e. The number of aryl methyl sites for hydroxylation is 2. The normalized spacial score (nSPS) is 18.0. The van der Waals surface area contributed by atoms with E-state index in [0.29, 0.717) is 22.9 Å². The van der Waals surface area contributed by atoms with E-state index in [2.05, 4.69) is 10.6 Å². The van der Waals surface area contributed by atoms with Crippen molar-refractivity contribution in [3.63, 3.8) is 0 Å². The molecule has 30 heavy (non-hydrogen) atoms. The van der Waals surface area contributed by atoms with Crippen molar-refractivity contribution in [2.24, 2.45) is 0 Å². The third-order valence-electron chi connectivity index (χ3n) is 5.56. The highest BCUT2D eigenvalue weighted by atomic mass is 32.1. The van der Waals surface area contributed by atoms with Crippen LogP contribution in [-0.4, -0.2) is 37.7 Å². The Bertz CT molecular complexity index is 901. The van der Waals surface area contributed by atoms with Gasteiger partial charge < -0.3 is 20.1 Å². The summed E-state index contributed by atoms with van der Waals surface area (Å²) in [4.78, 5) is 26.7. The molecule has 6 nitrogen and oxygen atoms in total. The molecule has 0 spiro atoms. The van der Waals surface area contributed by atoms with Crippen LogP contribution in [0.4, 0.5) is 5.00 Å². The lowest BCUT2D eigenvalue weighted by Gasteiger charge is -2.15. The fourth-order valence-electron chi connectivity index (χ4n) is 3.94. The van der Waals surface area contributed by atoms with E-state index in [9.17, 15) is 9.59 Å². The van der Waals surface area contributed by atoms with E-state index < -0.39 is 0 Å². The van der Waals surface area contributed by atoms with E-state index >= 15 is 0 Å². The first-order valence-corrected chi connectivity index (χ1v) is 11.5. The summed E-state index contributed by atoms with van der Waals surface area (Å²) in [5.41, 5.74) is 2.84. The molecule has 4 rings (SSSR count). The predicted octanol–water partition coefficient (Wildman–Crippen LogP) is 3.86. The molecule has 2 heterocycles. The minimum absolute atomic E-state index is 0.0874. The third kappa shape index (κ3) is 5.02. The average Bonchev–Trinajstić information content (AvgIpc) is 3.39. The van der Waals surface area contributed by atoms with Crippen molar-refractivity contribution >= 4 is 28.2 Å². The van der Waals surface area contributed by atoms with Gasteiger partial charge in [0.25, 0.3) is 11.8 Å². The van der Waals surface area contributed by atoms with Gasteiger partial charge in [-0.3, -0.25) is 9.59 Å². The van der Waals surface area contributed by atoms with Gasteiger partial charge in [-0.1, -0.05) is 17.7 Å². The van der Waals surface area contributed by atoms with Crippen molar-refractivity contribution in [3.05, 3.63) is 45.8 Å². The van der Waals surface area contributed by atoms with E-state index in [1.807, 2.05) is 31.2 Å². The van der Waals surface area contributed by atoms with E-state index in [1.165, 1.54) is 16.2 Å². The monoisotopic (exact) mass is 428 g/mol. The van der Waals surface area contributed by atoms with Crippen LogP contribution in [0.5, 0.6) is 5.75 Å². The van der Waals surface area contributed by atoms with Crippen LogP contribution < -0.4 is 15.4 Å². The lowest BCUT2D eigenvalue weighted by atomic mass is 9.95. The molecule has 7 heteroatoms. The Morgan fingerprint density at radius 1 is 1.17 bits per heavy atom. The number of hydrogen-bond donors (Lipinski definition) is 2. The van der Waals surface area contributed by atoms with Gasteiger partial charge in [-0.25, -0.2) is 0 Å². The van der Waals surface area contributed by atoms with Crippen LogP contribution in [0.3, 0.4) is 0 Å². The maximum Gasteiger partial charge on any atom is 0.262 e. The minimum atomic E-state index is -0.262. The highest BCUT2D eigenvalue weighted by molar-refractivity contribution is 7.17. The van der Waals surface area contributed by atoms with Gasteiger partial charge >= 0.3 is 0 Å². The van der Waals surface area contributed by atoms with Gasteiger partial charge in [-0.05, 0) is 63.1 Å². The van der Waals surface area contributed by atoms with Crippen molar-refractivity contribution in [2.75, 3.05) is 25.1 Å². The van der Waals surface area contributed by atoms with E-state index in [1.54, 1.807) is 0 Å². The van der Waals surface area contributed by atoms with Crippen molar-refractivity contribution < 1.29 is 19.1 Å². The Morgan fingerprint density at radius 3 is 2.73 bits per heavy atom. The van der Waals surface area contributed by atoms with Crippen molar-refractivity contribution in [2.45, 2.75) is 51.6 Å². The summed E-state index contributed by atoms with van der Waals surface area (Å²) in [5, 5.41) is 6.56. The number of nitrogens with one attached hydrogen (secondary N) is 2. The zero-order valence-corrected chi connectivity index (χ0v) is 18.1. The number of carbonyl (C=O) groups excluding carboxylic acids is 2. The predicted molar refractivity (Wildman–Crippen MR) is 118 cm³/mol. The van der Waals surface area contributed by atoms with Gasteiger partial charge in [-0.2, -0.15) is 0 Å². The maximum absolute atomic E-state index is 13.0.